The number of hydrogen-bond donors (Lipinski definition) is 0. The number of fused-ring (bicyclic) bond motifs is 1. The molecule has 1 unspecified atom stereocenters. The van der Waals surface area contributed by atoms with E-state index in [9.17, 15) is 4.79 Å². The van der Waals surface area contributed by atoms with E-state index < -0.39 is 0 Å². The van der Waals surface area contributed by atoms with Crippen LogP contribution in [0.1, 0.15) is 12.5 Å². The van der Waals surface area contributed by atoms with Crippen LogP contribution in [0.5, 0.6) is 0 Å². The SMILES string of the molecule is CCOC(=O)C1SC(c2ccc3ccccc3c2)=C[Se]1. The van der Waals surface area contributed by atoms with E-state index in [0.717, 1.165) is 0 Å². The summed E-state index contributed by atoms with van der Waals surface area (Å²) in [5.41, 5.74) is 1.20. The molecule has 2 aromatic rings. The van der Waals surface area contributed by atoms with Gasteiger partial charge in [-0.1, -0.05) is 0 Å². The van der Waals surface area contributed by atoms with Crippen molar-refractivity contribution in [3.63, 3.8) is 0 Å². The second kappa shape index (κ2) is 6.04. The first-order chi connectivity index (χ1) is 9.78. The van der Waals surface area contributed by atoms with E-state index >= 15 is 0 Å². The van der Waals surface area contributed by atoms with Crippen molar-refractivity contribution in [2.24, 2.45) is 0 Å². The van der Waals surface area contributed by atoms with Gasteiger partial charge in [0.25, 0.3) is 0 Å². The van der Waals surface area contributed by atoms with E-state index in [2.05, 4.69) is 35.3 Å². The molecule has 1 atom stereocenters. The van der Waals surface area contributed by atoms with Crippen molar-refractivity contribution in [3.05, 3.63) is 53.0 Å². The zero-order chi connectivity index (χ0) is 13.9. The van der Waals surface area contributed by atoms with Crippen LogP contribution in [0.25, 0.3) is 15.7 Å². The molecule has 0 saturated heterocycles. The second-order valence-electron chi connectivity index (χ2n) is 4.38. The topological polar surface area (TPSA) is 26.3 Å². The van der Waals surface area contributed by atoms with Gasteiger partial charge in [-0.05, 0) is 0 Å². The van der Waals surface area contributed by atoms with Crippen molar-refractivity contribution in [3.8, 4) is 0 Å². The standard InChI is InChI=1S/C16H14O2SSe/c1-2-18-15(17)16-19-14(10-20-16)13-8-7-11-5-3-4-6-12(11)9-13/h3-10,16H,2H2,1H3. The van der Waals surface area contributed by atoms with Gasteiger partial charge in [0.15, 0.2) is 0 Å². The molecule has 0 fully saturated rings. The maximum atomic E-state index is 11.8. The zero-order valence-electron chi connectivity index (χ0n) is 11.0. The molecule has 0 bridgehead atoms. The van der Waals surface area contributed by atoms with E-state index in [1.54, 1.807) is 11.8 Å². The third-order valence-electron chi connectivity index (χ3n) is 3.05. The fourth-order valence-electron chi connectivity index (χ4n) is 2.09. The Morgan fingerprint density at radius 3 is 2.85 bits per heavy atom. The van der Waals surface area contributed by atoms with Gasteiger partial charge in [-0.15, -0.1) is 0 Å². The van der Waals surface area contributed by atoms with Crippen LogP contribution in [0, 0.1) is 0 Å². The van der Waals surface area contributed by atoms with Gasteiger partial charge in [0.2, 0.25) is 0 Å². The average molecular weight is 349 g/mol. The number of rotatable bonds is 3. The van der Waals surface area contributed by atoms with Gasteiger partial charge in [0.1, 0.15) is 0 Å². The van der Waals surface area contributed by atoms with Crippen molar-refractivity contribution in [1.29, 1.82) is 0 Å². The molecule has 20 heavy (non-hydrogen) atoms. The molecule has 0 saturated carbocycles. The summed E-state index contributed by atoms with van der Waals surface area (Å²) in [4.78, 5) is 15.2. The number of thioether (sulfide) groups is 1. The molecule has 0 spiro atoms. The van der Waals surface area contributed by atoms with Crippen molar-refractivity contribution in [2.75, 3.05) is 6.61 Å². The quantitative estimate of drug-likeness (QED) is 0.627. The summed E-state index contributed by atoms with van der Waals surface area (Å²) in [6, 6.07) is 14.8. The molecular formula is C16H14O2SSe. The van der Waals surface area contributed by atoms with Gasteiger partial charge < -0.3 is 0 Å². The summed E-state index contributed by atoms with van der Waals surface area (Å²) in [5.74, 6) is -0.0791. The Morgan fingerprint density at radius 1 is 1.25 bits per heavy atom. The first-order valence-electron chi connectivity index (χ1n) is 6.46. The second-order valence-corrected chi connectivity index (χ2v) is 8.26. The third-order valence-corrected chi connectivity index (χ3v) is 7.28. The molecule has 3 rings (SSSR count). The van der Waals surface area contributed by atoms with E-state index in [1.165, 1.54) is 21.2 Å². The molecule has 1 aliphatic heterocycles. The fraction of sp³-hybridized carbons (Fsp3) is 0.188. The Hall–Kier alpha value is -1.22. The molecule has 0 radical (unpaired) electrons. The van der Waals surface area contributed by atoms with E-state index in [1.807, 2.05) is 19.1 Å². The summed E-state index contributed by atoms with van der Waals surface area (Å²) in [7, 11) is 0. The first kappa shape index (κ1) is 13.7. The van der Waals surface area contributed by atoms with E-state index in [4.69, 9.17) is 4.74 Å². The fourth-order valence-corrected chi connectivity index (χ4v) is 5.97. The van der Waals surface area contributed by atoms with E-state index in [0.29, 0.717) is 6.61 Å². The number of esters is 1. The summed E-state index contributed by atoms with van der Waals surface area (Å²) in [5, 5.41) is 2.48. The normalized spacial score (nSPS) is 18.1. The minimum absolute atomic E-state index is 0.0241. The van der Waals surface area contributed by atoms with Crippen LogP contribution in [0.4, 0.5) is 0 Å². The Morgan fingerprint density at radius 2 is 2.05 bits per heavy atom. The number of ether oxygens (including phenoxy) is 1. The molecule has 0 amide bonds. The Balaban J connectivity index is 1.81. The monoisotopic (exact) mass is 350 g/mol. The number of carbonyl (C=O) groups is 1. The molecule has 1 aliphatic rings. The molecule has 1 heterocycles. The Kier molecular flexibility index (Phi) is 4.15. The number of benzene rings is 2. The maximum absolute atomic E-state index is 11.8. The van der Waals surface area contributed by atoms with Crippen LogP contribution < -0.4 is 0 Å². The van der Waals surface area contributed by atoms with Gasteiger partial charge >= 0.3 is 129 Å². The van der Waals surface area contributed by atoms with Gasteiger partial charge in [0.05, 0.1) is 0 Å². The molecule has 2 nitrogen and oxygen atoms in total. The zero-order valence-corrected chi connectivity index (χ0v) is 13.6. The van der Waals surface area contributed by atoms with Crippen LogP contribution in [0.3, 0.4) is 0 Å². The average Bonchev–Trinajstić information content (AvgIpc) is 2.97. The van der Waals surface area contributed by atoms with Crippen LogP contribution in [-0.2, 0) is 9.53 Å². The van der Waals surface area contributed by atoms with Gasteiger partial charge in [0, 0.05) is 0 Å². The minimum atomic E-state index is -0.0791. The molecular weight excluding hydrogens is 335 g/mol. The van der Waals surface area contributed by atoms with E-state index in [-0.39, 0.29) is 25.1 Å². The van der Waals surface area contributed by atoms with Crippen LogP contribution in [0.2, 0.25) is 0 Å². The number of hydrogen-bond acceptors (Lipinski definition) is 3. The molecule has 4 heteroatoms. The van der Waals surface area contributed by atoms with Gasteiger partial charge in [-0.2, -0.15) is 0 Å². The molecule has 0 N–H and O–H groups in total. The third kappa shape index (κ3) is 2.78. The Bertz CT molecular complexity index is 681. The molecule has 0 aliphatic carbocycles. The summed E-state index contributed by atoms with van der Waals surface area (Å²) >= 11 is 1.81. The van der Waals surface area contributed by atoms with Crippen LogP contribution in [0.15, 0.2) is 47.4 Å². The molecule has 102 valence electrons. The summed E-state index contributed by atoms with van der Waals surface area (Å²) in [6.07, 6.45) is 0. The first-order valence-corrected chi connectivity index (χ1v) is 9.32. The van der Waals surface area contributed by atoms with Crippen molar-refractivity contribution in [1.82, 2.24) is 0 Å². The van der Waals surface area contributed by atoms with Crippen molar-refractivity contribution >= 4 is 48.4 Å². The number of carbonyl (C=O) groups excluding carboxylic acids is 1. The summed E-state index contributed by atoms with van der Waals surface area (Å²) in [6.45, 7) is 2.31. The summed E-state index contributed by atoms with van der Waals surface area (Å²) < 4.78 is 5.08. The van der Waals surface area contributed by atoms with Gasteiger partial charge in [-0.3, -0.25) is 0 Å². The predicted octanol–water partition coefficient (Wildman–Crippen LogP) is 3.48. The van der Waals surface area contributed by atoms with Crippen molar-refractivity contribution < 1.29 is 9.53 Å². The molecule has 0 aromatic heterocycles. The Labute approximate surface area is 128 Å². The van der Waals surface area contributed by atoms with Crippen LogP contribution in [-0.4, -0.2) is 31.7 Å². The van der Waals surface area contributed by atoms with Crippen molar-refractivity contribution in [2.45, 2.75) is 11.1 Å². The van der Waals surface area contributed by atoms with Gasteiger partial charge in [-0.25, -0.2) is 0 Å². The predicted molar refractivity (Wildman–Crippen MR) is 85.7 cm³/mol. The molecule has 2 aromatic carbocycles. The van der Waals surface area contributed by atoms with Crippen LogP contribution >= 0.6 is 11.8 Å².